The third kappa shape index (κ3) is 3.97. The Balaban J connectivity index is 1.91. The molecule has 2 aliphatic rings. The van der Waals surface area contributed by atoms with E-state index in [1.165, 1.54) is 11.6 Å². The summed E-state index contributed by atoms with van der Waals surface area (Å²) in [5, 5.41) is 0. The van der Waals surface area contributed by atoms with Gasteiger partial charge in [0.1, 0.15) is 0 Å². The van der Waals surface area contributed by atoms with Crippen LogP contribution in [0.2, 0.25) is 0 Å². The summed E-state index contributed by atoms with van der Waals surface area (Å²) >= 11 is 0. The fraction of sp³-hybridized carbons (Fsp3) is 0.588. The molecule has 0 radical (unpaired) electrons. The van der Waals surface area contributed by atoms with E-state index in [1.54, 1.807) is 20.3 Å². The van der Waals surface area contributed by atoms with Crippen LogP contribution in [0, 0.1) is 5.92 Å². The first-order chi connectivity index (χ1) is 10.1. The summed E-state index contributed by atoms with van der Waals surface area (Å²) in [4.78, 5) is 11.3. The molecule has 1 saturated heterocycles. The highest BCUT2D eigenvalue weighted by atomic mass is 16.5. The van der Waals surface area contributed by atoms with Gasteiger partial charge in [0.15, 0.2) is 0 Å². The Morgan fingerprint density at radius 1 is 1.52 bits per heavy atom. The summed E-state index contributed by atoms with van der Waals surface area (Å²) < 4.78 is 15.9. The van der Waals surface area contributed by atoms with E-state index in [0.29, 0.717) is 12.5 Å². The van der Waals surface area contributed by atoms with Gasteiger partial charge in [0, 0.05) is 6.08 Å². The predicted molar refractivity (Wildman–Crippen MR) is 80.6 cm³/mol. The van der Waals surface area contributed by atoms with Crippen LogP contribution in [0.3, 0.4) is 0 Å². The number of methoxy groups -OCH3 is 1. The summed E-state index contributed by atoms with van der Waals surface area (Å²) in [5.74, 6) is 0.213. The van der Waals surface area contributed by atoms with Crippen molar-refractivity contribution >= 4 is 5.97 Å². The molecule has 1 saturated carbocycles. The lowest BCUT2D eigenvalue weighted by Crippen LogP contribution is -2.26. The first-order valence-corrected chi connectivity index (χ1v) is 7.47. The first-order valence-electron chi connectivity index (χ1n) is 7.47. The zero-order valence-electron chi connectivity index (χ0n) is 13.0. The Bertz CT molecular complexity index is 463. The highest BCUT2D eigenvalue weighted by Gasteiger charge is 2.48. The van der Waals surface area contributed by atoms with Gasteiger partial charge in [-0.1, -0.05) is 11.6 Å². The van der Waals surface area contributed by atoms with Crippen molar-refractivity contribution in [2.24, 2.45) is 5.92 Å². The van der Waals surface area contributed by atoms with Crippen molar-refractivity contribution in [1.82, 2.24) is 0 Å². The summed E-state index contributed by atoms with van der Waals surface area (Å²) in [6.45, 7) is 4.37. The Kier molecular flexibility index (Phi) is 5.23. The van der Waals surface area contributed by atoms with Crippen LogP contribution in [-0.2, 0) is 19.0 Å². The molecule has 1 heterocycles. The number of esters is 1. The van der Waals surface area contributed by atoms with Crippen molar-refractivity contribution in [1.29, 1.82) is 0 Å². The SMILES string of the molecule is CCOC(=O)/C=C/[C@@H]1C[C@@H]2C/C(=C/C=C\OC)C[C@]2(C)O1. The third-order valence-corrected chi connectivity index (χ3v) is 4.17. The van der Waals surface area contributed by atoms with Gasteiger partial charge < -0.3 is 14.2 Å². The van der Waals surface area contributed by atoms with E-state index in [1.807, 2.05) is 12.2 Å². The summed E-state index contributed by atoms with van der Waals surface area (Å²) in [5.41, 5.74) is 1.28. The lowest BCUT2D eigenvalue weighted by Gasteiger charge is -2.22. The highest BCUT2D eigenvalue weighted by Crippen LogP contribution is 2.50. The Morgan fingerprint density at radius 2 is 2.33 bits per heavy atom. The van der Waals surface area contributed by atoms with Crippen LogP contribution in [0.4, 0.5) is 0 Å². The molecule has 3 atom stereocenters. The van der Waals surface area contributed by atoms with Gasteiger partial charge in [-0.3, -0.25) is 0 Å². The van der Waals surface area contributed by atoms with E-state index in [4.69, 9.17) is 14.2 Å². The quantitative estimate of drug-likeness (QED) is 0.443. The molecule has 0 bridgehead atoms. The Morgan fingerprint density at radius 3 is 3.00 bits per heavy atom. The lowest BCUT2D eigenvalue weighted by atomic mass is 9.92. The lowest BCUT2D eigenvalue weighted by molar-refractivity contribution is -0.137. The van der Waals surface area contributed by atoms with Gasteiger partial charge in [0.2, 0.25) is 0 Å². The molecule has 4 nitrogen and oxygen atoms in total. The monoisotopic (exact) mass is 292 g/mol. The van der Waals surface area contributed by atoms with Crippen molar-refractivity contribution in [3.05, 3.63) is 36.1 Å². The fourth-order valence-corrected chi connectivity index (χ4v) is 3.22. The first kappa shape index (κ1) is 15.8. The second-order valence-corrected chi connectivity index (χ2v) is 5.78. The van der Waals surface area contributed by atoms with Gasteiger partial charge in [-0.25, -0.2) is 4.79 Å². The molecule has 0 aromatic heterocycles. The Hall–Kier alpha value is -1.55. The molecule has 2 rings (SSSR count). The van der Waals surface area contributed by atoms with Crippen LogP contribution in [0.15, 0.2) is 36.1 Å². The zero-order valence-corrected chi connectivity index (χ0v) is 13.0. The molecule has 0 unspecified atom stereocenters. The van der Waals surface area contributed by atoms with Crippen molar-refractivity contribution in [3.63, 3.8) is 0 Å². The van der Waals surface area contributed by atoms with Gasteiger partial charge in [0.25, 0.3) is 0 Å². The van der Waals surface area contributed by atoms with Crippen molar-refractivity contribution in [2.45, 2.75) is 44.8 Å². The summed E-state index contributed by atoms with van der Waals surface area (Å²) in [7, 11) is 1.64. The molecule has 4 heteroatoms. The number of carbonyl (C=O) groups excluding carboxylic acids is 1. The van der Waals surface area contributed by atoms with E-state index >= 15 is 0 Å². The van der Waals surface area contributed by atoms with Crippen LogP contribution >= 0.6 is 0 Å². The molecule has 0 aromatic carbocycles. The maximum atomic E-state index is 11.3. The molecule has 0 spiro atoms. The largest absolute Gasteiger partial charge is 0.504 e. The van der Waals surface area contributed by atoms with E-state index in [0.717, 1.165) is 19.3 Å². The van der Waals surface area contributed by atoms with Crippen molar-refractivity contribution in [3.8, 4) is 0 Å². The van der Waals surface area contributed by atoms with Gasteiger partial charge in [-0.05, 0) is 51.2 Å². The van der Waals surface area contributed by atoms with Crippen LogP contribution in [0.25, 0.3) is 0 Å². The predicted octanol–water partition coefficient (Wildman–Crippen LogP) is 3.15. The molecular weight excluding hydrogens is 268 g/mol. The number of hydrogen-bond acceptors (Lipinski definition) is 4. The highest BCUT2D eigenvalue weighted by molar-refractivity contribution is 5.81. The zero-order chi connectivity index (χ0) is 15.3. The minimum Gasteiger partial charge on any atom is -0.504 e. The molecule has 2 fully saturated rings. The molecule has 0 N–H and O–H groups in total. The molecule has 21 heavy (non-hydrogen) atoms. The minimum absolute atomic E-state index is 0.0143. The van der Waals surface area contributed by atoms with E-state index < -0.39 is 0 Å². The van der Waals surface area contributed by atoms with Gasteiger partial charge >= 0.3 is 5.97 Å². The van der Waals surface area contributed by atoms with Crippen LogP contribution in [0.1, 0.15) is 33.1 Å². The summed E-state index contributed by atoms with van der Waals surface area (Å²) in [6, 6.07) is 0. The number of carbonyl (C=O) groups is 1. The molecular formula is C17H24O4. The maximum absolute atomic E-state index is 11.3. The average molecular weight is 292 g/mol. The number of ether oxygens (including phenoxy) is 3. The van der Waals surface area contributed by atoms with E-state index in [9.17, 15) is 4.79 Å². The van der Waals surface area contributed by atoms with Crippen molar-refractivity contribution in [2.75, 3.05) is 13.7 Å². The molecule has 116 valence electrons. The summed E-state index contributed by atoms with van der Waals surface area (Å²) in [6.07, 6.45) is 12.0. The van der Waals surface area contributed by atoms with Gasteiger partial charge in [-0.2, -0.15) is 0 Å². The second kappa shape index (κ2) is 6.94. The second-order valence-electron chi connectivity index (χ2n) is 5.78. The number of fused-ring (bicyclic) bond motifs is 1. The normalized spacial score (nSPS) is 34.0. The van der Waals surface area contributed by atoms with Gasteiger partial charge in [-0.15, -0.1) is 0 Å². The van der Waals surface area contributed by atoms with Gasteiger partial charge in [0.05, 0.1) is 31.7 Å². The van der Waals surface area contributed by atoms with Crippen LogP contribution < -0.4 is 0 Å². The molecule has 0 aromatic rings. The number of hydrogen-bond donors (Lipinski definition) is 0. The maximum Gasteiger partial charge on any atom is 0.330 e. The molecule has 0 amide bonds. The van der Waals surface area contributed by atoms with Crippen LogP contribution in [-0.4, -0.2) is 31.4 Å². The molecule has 1 aliphatic heterocycles. The standard InChI is InChI=1S/C17H24O4/c1-4-20-16(18)8-7-15-11-14-10-13(6-5-9-19-3)12-17(14,2)21-15/h5-9,14-15H,4,10-12H2,1-3H3/b8-7+,9-5-,13-6-/t14-,15+,17-/m0/s1. The van der Waals surface area contributed by atoms with E-state index in [2.05, 4.69) is 13.0 Å². The average Bonchev–Trinajstić information content (AvgIpc) is 2.88. The van der Waals surface area contributed by atoms with E-state index in [-0.39, 0.29) is 17.7 Å². The topological polar surface area (TPSA) is 44.8 Å². The number of rotatable bonds is 5. The minimum atomic E-state index is -0.298. The Labute approximate surface area is 126 Å². The van der Waals surface area contributed by atoms with Crippen LogP contribution in [0.5, 0.6) is 0 Å². The fourth-order valence-electron chi connectivity index (χ4n) is 3.22. The molecule has 1 aliphatic carbocycles. The third-order valence-electron chi connectivity index (χ3n) is 4.17. The van der Waals surface area contributed by atoms with Crippen molar-refractivity contribution < 1.29 is 19.0 Å². The number of allylic oxidation sites excluding steroid dienone is 2. The smallest absolute Gasteiger partial charge is 0.330 e.